The van der Waals surface area contributed by atoms with E-state index in [1.807, 2.05) is 59.9 Å². The molecule has 6 nitrogen and oxygen atoms in total. The Morgan fingerprint density at radius 2 is 1.89 bits per heavy atom. The molecule has 0 N–H and O–H groups in total. The Hall–Kier alpha value is -2.51. The van der Waals surface area contributed by atoms with Crippen LogP contribution in [-0.4, -0.2) is 63.0 Å². The van der Waals surface area contributed by atoms with E-state index in [1.54, 1.807) is 0 Å². The minimum atomic E-state index is 0.0403. The molecule has 0 radical (unpaired) electrons. The molecule has 0 aliphatic carbocycles. The summed E-state index contributed by atoms with van der Waals surface area (Å²) in [5.74, 6) is 1.08. The van der Waals surface area contributed by atoms with Crippen molar-refractivity contribution in [1.82, 2.24) is 24.3 Å². The van der Waals surface area contributed by atoms with Gasteiger partial charge in [-0.15, -0.1) is 11.3 Å². The van der Waals surface area contributed by atoms with E-state index in [2.05, 4.69) is 19.4 Å². The first-order valence-corrected chi connectivity index (χ1v) is 10.1. The fourth-order valence-corrected chi connectivity index (χ4v) is 4.11. The molecule has 1 aromatic carbocycles. The van der Waals surface area contributed by atoms with Crippen molar-refractivity contribution in [3.63, 3.8) is 0 Å². The number of carbonyl (C=O) groups is 1. The summed E-state index contributed by atoms with van der Waals surface area (Å²) in [5.41, 5.74) is 1.61. The van der Waals surface area contributed by atoms with E-state index in [0.717, 1.165) is 55.7 Å². The molecule has 0 bridgehead atoms. The summed E-state index contributed by atoms with van der Waals surface area (Å²) in [5, 5.41) is 2.77. The molecule has 0 unspecified atom stereocenters. The van der Waals surface area contributed by atoms with Gasteiger partial charge in [-0.1, -0.05) is 30.3 Å². The van der Waals surface area contributed by atoms with Gasteiger partial charge < -0.3 is 9.47 Å². The molecular weight excluding hydrogens is 358 g/mol. The minimum Gasteiger partial charge on any atom is -0.335 e. The Balaban J connectivity index is 1.31. The van der Waals surface area contributed by atoms with E-state index < -0.39 is 0 Å². The number of aryl methyl sites for hydroxylation is 1. The number of rotatable bonds is 5. The first-order chi connectivity index (χ1) is 13.2. The third-order valence-corrected chi connectivity index (χ3v) is 5.88. The summed E-state index contributed by atoms with van der Waals surface area (Å²) >= 11 is 1.53. The predicted molar refractivity (Wildman–Crippen MR) is 107 cm³/mol. The van der Waals surface area contributed by atoms with Gasteiger partial charge in [-0.2, -0.15) is 0 Å². The molecule has 0 spiro atoms. The lowest BCUT2D eigenvalue weighted by Crippen LogP contribution is -2.49. The Labute approximate surface area is 163 Å². The number of carbonyl (C=O) groups excluding carboxylic acids is 1. The molecule has 27 heavy (non-hydrogen) atoms. The van der Waals surface area contributed by atoms with Gasteiger partial charge >= 0.3 is 0 Å². The average Bonchev–Trinajstić information content (AvgIpc) is 3.36. The summed E-state index contributed by atoms with van der Waals surface area (Å²) in [4.78, 5) is 25.9. The molecule has 4 rings (SSSR count). The van der Waals surface area contributed by atoms with E-state index in [9.17, 15) is 4.79 Å². The number of imidazole rings is 1. The summed E-state index contributed by atoms with van der Waals surface area (Å²) < 4.78 is 2.16. The van der Waals surface area contributed by atoms with E-state index in [1.165, 1.54) is 11.3 Å². The third-order valence-electron chi connectivity index (χ3n) is 4.98. The molecule has 3 heterocycles. The van der Waals surface area contributed by atoms with Gasteiger partial charge in [0.2, 0.25) is 0 Å². The quantitative estimate of drug-likeness (QED) is 0.682. The second-order valence-corrected chi connectivity index (χ2v) is 7.56. The molecule has 0 atom stereocenters. The lowest BCUT2D eigenvalue weighted by Gasteiger charge is -2.34. The van der Waals surface area contributed by atoms with Gasteiger partial charge in [-0.25, -0.2) is 9.97 Å². The second kappa shape index (κ2) is 8.02. The zero-order chi connectivity index (χ0) is 18.6. The molecule has 1 amide bonds. The molecule has 1 saturated heterocycles. The molecule has 0 saturated carbocycles. The molecule has 1 fully saturated rings. The maximum atomic E-state index is 12.8. The van der Waals surface area contributed by atoms with Crippen molar-refractivity contribution in [2.45, 2.75) is 13.5 Å². The summed E-state index contributed by atoms with van der Waals surface area (Å²) in [6, 6.07) is 10.0. The first-order valence-electron chi connectivity index (χ1n) is 9.21. The molecule has 7 heteroatoms. The maximum absolute atomic E-state index is 12.8. The number of hydrogen-bond donors (Lipinski definition) is 0. The Kier molecular flexibility index (Phi) is 5.31. The molecule has 1 aliphatic rings. The van der Waals surface area contributed by atoms with Gasteiger partial charge in [-0.3, -0.25) is 9.69 Å². The monoisotopic (exact) mass is 381 g/mol. The van der Waals surface area contributed by atoms with Crippen molar-refractivity contribution < 1.29 is 4.79 Å². The highest BCUT2D eigenvalue weighted by molar-refractivity contribution is 7.13. The van der Waals surface area contributed by atoms with Crippen molar-refractivity contribution in [2.75, 3.05) is 32.7 Å². The standard InChI is InChI=1S/C20H23N5OS/c1-16-21-7-8-24(16)12-9-23-10-13-25(14-11-23)20(26)18-15-27-19(22-18)17-5-3-2-4-6-17/h2-8,15H,9-14H2,1H3. The number of nitrogens with zero attached hydrogens (tertiary/aromatic N) is 5. The number of hydrogen-bond acceptors (Lipinski definition) is 5. The van der Waals surface area contributed by atoms with E-state index in [4.69, 9.17) is 0 Å². The van der Waals surface area contributed by atoms with Crippen molar-refractivity contribution in [3.05, 3.63) is 59.6 Å². The Morgan fingerprint density at radius 1 is 1.11 bits per heavy atom. The molecule has 3 aromatic rings. The number of aromatic nitrogens is 3. The van der Waals surface area contributed by atoms with E-state index in [-0.39, 0.29) is 5.91 Å². The van der Waals surface area contributed by atoms with Gasteiger partial charge in [0.25, 0.3) is 5.91 Å². The van der Waals surface area contributed by atoms with Crippen LogP contribution in [0.3, 0.4) is 0 Å². The van der Waals surface area contributed by atoms with Crippen LogP contribution >= 0.6 is 11.3 Å². The SMILES string of the molecule is Cc1nccn1CCN1CCN(C(=O)c2csc(-c3ccccc3)n2)CC1. The van der Waals surface area contributed by atoms with Crippen LogP contribution in [0.2, 0.25) is 0 Å². The number of thiazole rings is 1. The topological polar surface area (TPSA) is 54.3 Å². The minimum absolute atomic E-state index is 0.0403. The Morgan fingerprint density at radius 3 is 2.59 bits per heavy atom. The molecule has 1 aliphatic heterocycles. The normalized spacial score (nSPS) is 15.2. The smallest absolute Gasteiger partial charge is 0.273 e. The lowest BCUT2D eigenvalue weighted by atomic mass is 10.2. The van der Waals surface area contributed by atoms with Gasteiger partial charge in [-0.05, 0) is 6.92 Å². The zero-order valence-electron chi connectivity index (χ0n) is 15.4. The summed E-state index contributed by atoms with van der Waals surface area (Å²) in [6.07, 6.45) is 3.85. The van der Waals surface area contributed by atoms with E-state index in [0.29, 0.717) is 5.69 Å². The van der Waals surface area contributed by atoms with Crippen molar-refractivity contribution in [3.8, 4) is 10.6 Å². The van der Waals surface area contributed by atoms with Gasteiger partial charge in [0.1, 0.15) is 16.5 Å². The third kappa shape index (κ3) is 4.09. The first kappa shape index (κ1) is 17.9. The summed E-state index contributed by atoms with van der Waals surface area (Å²) in [7, 11) is 0. The van der Waals surface area contributed by atoms with Crippen LogP contribution in [0.15, 0.2) is 48.1 Å². The predicted octanol–water partition coefficient (Wildman–Crippen LogP) is 2.77. The second-order valence-electron chi connectivity index (χ2n) is 6.71. The zero-order valence-corrected chi connectivity index (χ0v) is 16.2. The van der Waals surface area contributed by atoms with Crippen LogP contribution < -0.4 is 0 Å². The van der Waals surface area contributed by atoms with Crippen LogP contribution in [0, 0.1) is 6.92 Å². The largest absolute Gasteiger partial charge is 0.335 e. The fourth-order valence-electron chi connectivity index (χ4n) is 3.31. The highest BCUT2D eigenvalue weighted by Crippen LogP contribution is 2.24. The average molecular weight is 382 g/mol. The fraction of sp³-hybridized carbons (Fsp3) is 0.350. The van der Waals surface area contributed by atoms with Crippen LogP contribution in [0.25, 0.3) is 10.6 Å². The van der Waals surface area contributed by atoms with Crippen molar-refractivity contribution >= 4 is 17.2 Å². The van der Waals surface area contributed by atoms with Crippen LogP contribution in [0.4, 0.5) is 0 Å². The summed E-state index contributed by atoms with van der Waals surface area (Å²) in [6.45, 7) is 7.23. The molecule has 2 aromatic heterocycles. The van der Waals surface area contributed by atoms with Crippen molar-refractivity contribution in [2.24, 2.45) is 0 Å². The Bertz CT molecular complexity index is 896. The number of amides is 1. The highest BCUT2D eigenvalue weighted by Gasteiger charge is 2.24. The lowest BCUT2D eigenvalue weighted by molar-refractivity contribution is 0.0628. The van der Waals surface area contributed by atoms with Gasteiger partial charge in [0, 0.05) is 62.6 Å². The van der Waals surface area contributed by atoms with Crippen LogP contribution in [-0.2, 0) is 6.54 Å². The highest BCUT2D eigenvalue weighted by atomic mass is 32.1. The van der Waals surface area contributed by atoms with Crippen LogP contribution in [0.1, 0.15) is 16.3 Å². The molecular formula is C20H23N5OS. The van der Waals surface area contributed by atoms with Gasteiger partial charge in [0.15, 0.2) is 0 Å². The van der Waals surface area contributed by atoms with E-state index >= 15 is 0 Å². The van der Waals surface area contributed by atoms with Crippen molar-refractivity contribution in [1.29, 1.82) is 0 Å². The van der Waals surface area contributed by atoms with Gasteiger partial charge in [0.05, 0.1) is 0 Å². The number of benzene rings is 1. The van der Waals surface area contributed by atoms with Crippen LogP contribution in [0.5, 0.6) is 0 Å². The molecule has 140 valence electrons. The maximum Gasteiger partial charge on any atom is 0.273 e. The number of piperazine rings is 1.